The Balaban J connectivity index is 2.07. The summed E-state index contributed by atoms with van der Waals surface area (Å²) in [4.78, 5) is 2.57. The van der Waals surface area contributed by atoms with Gasteiger partial charge in [-0.15, -0.1) is 0 Å². The van der Waals surface area contributed by atoms with Crippen molar-refractivity contribution in [1.82, 2.24) is 4.90 Å². The molecular weight excluding hydrogens is 208 g/mol. The van der Waals surface area contributed by atoms with Crippen LogP contribution in [-0.4, -0.2) is 24.0 Å². The van der Waals surface area contributed by atoms with Crippen molar-refractivity contribution in [2.45, 2.75) is 39.3 Å². The highest BCUT2D eigenvalue weighted by molar-refractivity contribution is 5.28. The molecule has 17 heavy (non-hydrogen) atoms. The normalized spacial score (nSPS) is 24.8. The van der Waals surface area contributed by atoms with E-state index in [0.717, 1.165) is 6.54 Å². The van der Waals surface area contributed by atoms with E-state index in [4.69, 9.17) is 5.73 Å². The van der Waals surface area contributed by atoms with Crippen molar-refractivity contribution >= 4 is 0 Å². The average molecular weight is 232 g/mol. The van der Waals surface area contributed by atoms with Gasteiger partial charge in [0.05, 0.1) is 0 Å². The van der Waals surface area contributed by atoms with Crippen LogP contribution in [-0.2, 0) is 0 Å². The van der Waals surface area contributed by atoms with Crippen LogP contribution in [0, 0.1) is 12.8 Å². The van der Waals surface area contributed by atoms with Gasteiger partial charge >= 0.3 is 0 Å². The molecule has 2 heteroatoms. The lowest BCUT2D eigenvalue weighted by molar-refractivity contribution is 0.247. The maximum atomic E-state index is 6.00. The predicted molar refractivity (Wildman–Crippen MR) is 72.9 cm³/mol. The van der Waals surface area contributed by atoms with Gasteiger partial charge in [0.1, 0.15) is 0 Å². The van der Waals surface area contributed by atoms with Crippen LogP contribution in [0.4, 0.5) is 0 Å². The summed E-state index contributed by atoms with van der Waals surface area (Å²) in [5.41, 5.74) is 8.85. The first-order valence-electron chi connectivity index (χ1n) is 6.64. The van der Waals surface area contributed by atoms with Crippen molar-refractivity contribution in [1.29, 1.82) is 0 Å². The number of likely N-dealkylation sites (tertiary alicyclic amines) is 1. The fourth-order valence-electron chi connectivity index (χ4n) is 2.85. The highest BCUT2D eigenvalue weighted by Crippen LogP contribution is 2.29. The van der Waals surface area contributed by atoms with Crippen LogP contribution in [0.15, 0.2) is 24.3 Å². The monoisotopic (exact) mass is 232 g/mol. The molecule has 1 aliphatic rings. The van der Waals surface area contributed by atoms with Gasteiger partial charge in [0.15, 0.2) is 0 Å². The third-order valence-electron chi connectivity index (χ3n) is 4.19. The second-order valence-corrected chi connectivity index (χ2v) is 5.44. The number of hydrogen-bond donors (Lipinski definition) is 1. The average Bonchev–Trinajstić information content (AvgIpc) is 2.78. The van der Waals surface area contributed by atoms with Gasteiger partial charge in [-0.3, -0.25) is 4.90 Å². The largest absolute Gasteiger partial charge is 0.328 e. The smallest absolute Gasteiger partial charge is 0.0322 e. The Morgan fingerprint density at radius 2 is 2.00 bits per heavy atom. The van der Waals surface area contributed by atoms with Crippen LogP contribution in [0.3, 0.4) is 0 Å². The van der Waals surface area contributed by atoms with Crippen LogP contribution in [0.2, 0.25) is 0 Å². The summed E-state index contributed by atoms with van der Waals surface area (Å²) < 4.78 is 0. The van der Waals surface area contributed by atoms with Gasteiger partial charge in [-0.1, -0.05) is 24.3 Å². The van der Waals surface area contributed by atoms with E-state index < -0.39 is 0 Å². The van der Waals surface area contributed by atoms with Crippen molar-refractivity contribution in [3.05, 3.63) is 35.4 Å². The fraction of sp³-hybridized carbons (Fsp3) is 0.600. The van der Waals surface area contributed by atoms with E-state index in [-0.39, 0.29) is 0 Å². The van der Waals surface area contributed by atoms with Crippen molar-refractivity contribution in [3.63, 3.8) is 0 Å². The van der Waals surface area contributed by atoms with Crippen molar-refractivity contribution in [2.24, 2.45) is 11.7 Å². The Morgan fingerprint density at radius 3 is 2.59 bits per heavy atom. The van der Waals surface area contributed by atoms with Crippen LogP contribution >= 0.6 is 0 Å². The van der Waals surface area contributed by atoms with Gasteiger partial charge < -0.3 is 5.73 Å². The molecule has 0 amide bonds. The van der Waals surface area contributed by atoms with E-state index in [1.807, 2.05) is 0 Å². The topological polar surface area (TPSA) is 29.3 Å². The molecule has 2 nitrogen and oxygen atoms in total. The van der Waals surface area contributed by atoms with Crippen LogP contribution in [0.5, 0.6) is 0 Å². The molecular formula is C15H24N2. The molecule has 0 aromatic heterocycles. The van der Waals surface area contributed by atoms with E-state index in [0.29, 0.717) is 18.0 Å². The molecule has 2 N–H and O–H groups in total. The zero-order chi connectivity index (χ0) is 12.4. The van der Waals surface area contributed by atoms with E-state index in [1.54, 1.807) is 0 Å². The first-order chi connectivity index (χ1) is 8.09. The number of nitrogens with zero attached hydrogens (tertiary/aromatic N) is 1. The number of benzene rings is 1. The zero-order valence-electron chi connectivity index (χ0n) is 11.2. The van der Waals surface area contributed by atoms with Gasteiger partial charge in [-0.25, -0.2) is 0 Å². The SMILES string of the molecule is Cc1ccccc1C(C)N1CCC(C(C)N)C1. The Bertz CT molecular complexity index is 373. The second-order valence-electron chi connectivity index (χ2n) is 5.44. The molecule has 0 radical (unpaired) electrons. The Kier molecular flexibility index (Phi) is 3.85. The summed E-state index contributed by atoms with van der Waals surface area (Å²) in [7, 11) is 0. The number of nitrogens with two attached hydrogens (primary N) is 1. The highest BCUT2D eigenvalue weighted by Gasteiger charge is 2.28. The van der Waals surface area contributed by atoms with Gasteiger partial charge in [0, 0.05) is 18.6 Å². The lowest BCUT2D eigenvalue weighted by Crippen LogP contribution is -2.31. The minimum atomic E-state index is 0.323. The molecule has 3 unspecified atom stereocenters. The lowest BCUT2D eigenvalue weighted by Gasteiger charge is -2.26. The van der Waals surface area contributed by atoms with Gasteiger partial charge in [0.25, 0.3) is 0 Å². The number of aryl methyl sites for hydroxylation is 1. The molecule has 94 valence electrons. The number of rotatable bonds is 3. The molecule has 0 saturated carbocycles. The highest BCUT2D eigenvalue weighted by atomic mass is 15.2. The summed E-state index contributed by atoms with van der Waals surface area (Å²) in [5, 5.41) is 0. The first-order valence-corrected chi connectivity index (χ1v) is 6.64. The summed E-state index contributed by atoms with van der Waals surface area (Å²) in [6, 6.07) is 9.53. The summed E-state index contributed by atoms with van der Waals surface area (Å²) >= 11 is 0. The van der Waals surface area contributed by atoms with Crippen molar-refractivity contribution in [3.8, 4) is 0 Å². The van der Waals surface area contributed by atoms with Gasteiger partial charge in [-0.2, -0.15) is 0 Å². The van der Waals surface area contributed by atoms with Crippen LogP contribution in [0.25, 0.3) is 0 Å². The molecule has 0 aliphatic carbocycles. The third kappa shape index (κ3) is 2.70. The van der Waals surface area contributed by atoms with Crippen LogP contribution < -0.4 is 5.73 Å². The van der Waals surface area contributed by atoms with Crippen molar-refractivity contribution < 1.29 is 0 Å². The molecule has 1 heterocycles. The Labute approximate surface area is 105 Å². The predicted octanol–water partition coefficient (Wildman–Crippen LogP) is 2.73. The summed E-state index contributed by atoms with van der Waals surface area (Å²) in [6.07, 6.45) is 1.24. The zero-order valence-corrected chi connectivity index (χ0v) is 11.2. The quantitative estimate of drug-likeness (QED) is 0.868. The molecule has 2 rings (SSSR count). The first kappa shape index (κ1) is 12.6. The second kappa shape index (κ2) is 5.19. The van der Waals surface area contributed by atoms with Gasteiger partial charge in [0.2, 0.25) is 0 Å². The van der Waals surface area contributed by atoms with Crippen LogP contribution in [0.1, 0.15) is 37.4 Å². The fourth-order valence-corrected chi connectivity index (χ4v) is 2.85. The molecule has 1 saturated heterocycles. The Hall–Kier alpha value is -0.860. The molecule has 1 fully saturated rings. The maximum Gasteiger partial charge on any atom is 0.0322 e. The van der Waals surface area contributed by atoms with E-state index in [2.05, 4.69) is 49.9 Å². The molecule has 0 bridgehead atoms. The molecule has 1 aromatic rings. The molecule has 1 aliphatic heterocycles. The minimum Gasteiger partial charge on any atom is -0.328 e. The molecule has 1 aromatic carbocycles. The summed E-state index contributed by atoms with van der Waals surface area (Å²) in [6.45, 7) is 8.97. The Morgan fingerprint density at radius 1 is 1.29 bits per heavy atom. The third-order valence-corrected chi connectivity index (χ3v) is 4.19. The van der Waals surface area contributed by atoms with E-state index >= 15 is 0 Å². The summed E-state index contributed by atoms with van der Waals surface area (Å²) in [5.74, 6) is 0.668. The molecule has 0 spiro atoms. The van der Waals surface area contributed by atoms with Gasteiger partial charge in [-0.05, 0) is 50.8 Å². The van der Waals surface area contributed by atoms with Crippen molar-refractivity contribution in [2.75, 3.05) is 13.1 Å². The standard InChI is InChI=1S/C15H24N2/c1-11-6-4-5-7-15(11)13(3)17-9-8-14(10-17)12(2)16/h4-7,12-14H,8-10,16H2,1-3H3. The number of hydrogen-bond acceptors (Lipinski definition) is 2. The van der Waals surface area contributed by atoms with E-state index in [1.165, 1.54) is 24.1 Å². The van der Waals surface area contributed by atoms with E-state index in [9.17, 15) is 0 Å². The minimum absolute atomic E-state index is 0.323. The maximum absolute atomic E-state index is 6.00. The molecule has 3 atom stereocenters. The lowest BCUT2D eigenvalue weighted by atomic mass is 10.0.